The molecule has 0 saturated heterocycles. The molecule has 1 aromatic rings. The fourth-order valence-corrected chi connectivity index (χ4v) is 1.97. The Balaban J connectivity index is 2.05. The lowest BCUT2D eigenvalue weighted by atomic mass is 10.2. The van der Waals surface area contributed by atoms with E-state index < -0.39 is 12.1 Å². The van der Waals surface area contributed by atoms with Gasteiger partial charge in [-0.05, 0) is 28.8 Å². The molecule has 0 radical (unpaired) electrons. The van der Waals surface area contributed by atoms with Crippen molar-refractivity contribution < 1.29 is 19.8 Å². The molecule has 4 N–H and O–H groups in total. The molecule has 6 nitrogen and oxygen atoms in total. The molecule has 7 heteroatoms. The maximum atomic E-state index is 11.3. The normalized spacial score (nSPS) is 11.8. The van der Waals surface area contributed by atoms with E-state index in [2.05, 4.69) is 10.6 Å². The highest BCUT2D eigenvalue weighted by molar-refractivity contribution is 7.07. The number of amides is 2. The van der Waals surface area contributed by atoms with Gasteiger partial charge in [-0.1, -0.05) is 0 Å². The smallest absolute Gasteiger partial charge is 0.332 e. The number of carboxylic acid groups (broad SMARTS) is 1. The number of carbonyl (C=O) groups is 2. The van der Waals surface area contributed by atoms with E-state index >= 15 is 0 Å². The minimum Gasteiger partial charge on any atom is -0.479 e. The molecule has 18 heavy (non-hydrogen) atoms. The summed E-state index contributed by atoms with van der Waals surface area (Å²) in [6.07, 6.45) is -0.682. The molecular weight excluding hydrogens is 256 g/mol. The molecule has 1 unspecified atom stereocenters. The lowest BCUT2D eigenvalue weighted by molar-refractivity contribution is -0.146. The second kappa shape index (κ2) is 7.67. The summed E-state index contributed by atoms with van der Waals surface area (Å²) in [5, 5.41) is 26.5. The topological polar surface area (TPSA) is 98.7 Å². The third-order valence-electron chi connectivity index (χ3n) is 2.27. The Morgan fingerprint density at radius 3 is 2.67 bits per heavy atom. The van der Waals surface area contributed by atoms with E-state index in [0.717, 1.165) is 6.42 Å². The molecule has 100 valence electrons. The van der Waals surface area contributed by atoms with Crippen molar-refractivity contribution in [2.45, 2.75) is 18.9 Å². The first-order chi connectivity index (χ1) is 8.59. The first-order valence-corrected chi connectivity index (χ1v) is 6.47. The number of nitrogens with one attached hydrogen (secondary N) is 2. The number of hydrogen-bond acceptors (Lipinski definition) is 4. The minimum atomic E-state index is -1.43. The molecule has 0 aliphatic carbocycles. The van der Waals surface area contributed by atoms with Crippen LogP contribution in [0.5, 0.6) is 0 Å². The average molecular weight is 272 g/mol. The zero-order valence-corrected chi connectivity index (χ0v) is 10.6. The molecular formula is C11H16N2O4S. The second-order valence-corrected chi connectivity index (χ2v) is 4.49. The number of aliphatic hydroxyl groups is 1. The number of thiophene rings is 1. The number of aliphatic hydroxyl groups excluding tert-OH is 1. The largest absolute Gasteiger partial charge is 0.479 e. The third kappa shape index (κ3) is 5.65. The van der Waals surface area contributed by atoms with Crippen molar-refractivity contribution >= 4 is 23.3 Å². The van der Waals surface area contributed by atoms with Crippen molar-refractivity contribution in [3.8, 4) is 0 Å². The van der Waals surface area contributed by atoms with Crippen LogP contribution in [0.3, 0.4) is 0 Å². The van der Waals surface area contributed by atoms with E-state index in [9.17, 15) is 9.59 Å². The zero-order chi connectivity index (χ0) is 13.4. The highest BCUT2D eigenvalue weighted by Gasteiger charge is 2.12. The van der Waals surface area contributed by atoms with Crippen molar-refractivity contribution in [2.75, 3.05) is 13.1 Å². The second-order valence-electron chi connectivity index (χ2n) is 3.71. The Labute approximate surface area is 109 Å². The minimum absolute atomic E-state index is 0.00666. The van der Waals surface area contributed by atoms with Crippen LogP contribution in [0.2, 0.25) is 0 Å². The van der Waals surface area contributed by atoms with Crippen LogP contribution in [0.15, 0.2) is 16.8 Å². The molecule has 0 spiro atoms. The van der Waals surface area contributed by atoms with Crippen LogP contribution in [0.4, 0.5) is 4.79 Å². The van der Waals surface area contributed by atoms with Gasteiger partial charge in [-0.3, -0.25) is 0 Å². The standard InChI is InChI=1S/C11H16N2O4S/c14-9(10(15)16)2-5-13-11(17)12-4-1-8-3-6-18-7-8/h3,6-7,9,14H,1-2,4-5H2,(H,15,16)(H2,12,13,17). The van der Waals surface area contributed by atoms with Crippen LogP contribution in [-0.4, -0.2) is 41.4 Å². The number of urea groups is 1. The molecule has 1 rings (SSSR count). The van der Waals surface area contributed by atoms with Gasteiger partial charge in [-0.15, -0.1) is 0 Å². The molecule has 2 amide bonds. The summed E-state index contributed by atoms with van der Waals surface area (Å²) < 4.78 is 0. The van der Waals surface area contributed by atoms with E-state index in [1.165, 1.54) is 5.56 Å². The Bertz CT molecular complexity index is 380. The summed E-state index contributed by atoms with van der Waals surface area (Å²) in [6, 6.07) is 1.64. The summed E-state index contributed by atoms with van der Waals surface area (Å²) in [5.41, 5.74) is 1.17. The maximum absolute atomic E-state index is 11.3. The van der Waals surface area contributed by atoms with Crippen LogP contribution < -0.4 is 10.6 Å². The van der Waals surface area contributed by atoms with Crippen molar-refractivity contribution in [3.05, 3.63) is 22.4 Å². The molecule has 0 aromatic carbocycles. The van der Waals surface area contributed by atoms with Crippen molar-refractivity contribution in [1.29, 1.82) is 0 Å². The van der Waals surface area contributed by atoms with Gasteiger partial charge in [0.2, 0.25) is 0 Å². The fraction of sp³-hybridized carbons (Fsp3) is 0.455. The first-order valence-electron chi connectivity index (χ1n) is 5.53. The highest BCUT2D eigenvalue weighted by Crippen LogP contribution is 2.05. The summed E-state index contributed by atoms with van der Waals surface area (Å²) in [7, 11) is 0. The average Bonchev–Trinajstić information content (AvgIpc) is 2.81. The van der Waals surface area contributed by atoms with Gasteiger partial charge < -0.3 is 20.8 Å². The van der Waals surface area contributed by atoms with Crippen LogP contribution in [-0.2, 0) is 11.2 Å². The van der Waals surface area contributed by atoms with Crippen LogP contribution in [0.25, 0.3) is 0 Å². The quantitative estimate of drug-likeness (QED) is 0.578. The third-order valence-corrected chi connectivity index (χ3v) is 3.00. The molecule has 0 aliphatic heterocycles. The summed E-state index contributed by atoms with van der Waals surface area (Å²) in [6.45, 7) is 0.641. The van der Waals surface area contributed by atoms with Gasteiger partial charge in [-0.25, -0.2) is 9.59 Å². The van der Waals surface area contributed by atoms with Crippen molar-refractivity contribution in [1.82, 2.24) is 10.6 Å². The van der Waals surface area contributed by atoms with Crippen LogP contribution >= 0.6 is 11.3 Å². The van der Waals surface area contributed by atoms with Gasteiger partial charge in [-0.2, -0.15) is 11.3 Å². The van der Waals surface area contributed by atoms with Gasteiger partial charge in [0.05, 0.1) is 0 Å². The molecule has 1 atom stereocenters. The lowest BCUT2D eigenvalue weighted by Gasteiger charge is -2.08. The first kappa shape index (κ1) is 14.5. The van der Waals surface area contributed by atoms with E-state index in [1.807, 2.05) is 16.8 Å². The maximum Gasteiger partial charge on any atom is 0.332 e. The van der Waals surface area contributed by atoms with Gasteiger partial charge >= 0.3 is 12.0 Å². The lowest BCUT2D eigenvalue weighted by Crippen LogP contribution is -2.38. The number of hydrogen-bond donors (Lipinski definition) is 4. The number of rotatable bonds is 7. The predicted octanol–water partition coefficient (Wildman–Crippen LogP) is 0.425. The Morgan fingerprint density at radius 2 is 2.06 bits per heavy atom. The van der Waals surface area contributed by atoms with Gasteiger partial charge in [0.15, 0.2) is 6.10 Å². The summed E-state index contributed by atoms with van der Waals surface area (Å²) in [5.74, 6) is -1.28. The summed E-state index contributed by atoms with van der Waals surface area (Å²) in [4.78, 5) is 21.6. The monoisotopic (exact) mass is 272 g/mol. The number of aliphatic carboxylic acids is 1. The van der Waals surface area contributed by atoms with Crippen LogP contribution in [0, 0.1) is 0 Å². The Kier molecular flexibility index (Phi) is 6.16. The SMILES string of the molecule is O=C(NCCc1ccsc1)NCCC(O)C(=O)O. The highest BCUT2D eigenvalue weighted by atomic mass is 32.1. The molecule has 0 fully saturated rings. The van der Waals surface area contributed by atoms with Crippen molar-refractivity contribution in [3.63, 3.8) is 0 Å². The van der Waals surface area contributed by atoms with E-state index in [0.29, 0.717) is 6.54 Å². The zero-order valence-electron chi connectivity index (χ0n) is 9.76. The number of carboxylic acids is 1. The van der Waals surface area contributed by atoms with Gasteiger partial charge in [0, 0.05) is 19.5 Å². The van der Waals surface area contributed by atoms with Crippen molar-refractivity contribution in [2.24, 2.45) is 0 Å². The molecule has 0 aliphatic rings. The summed E-state index contributed by atoms with van der Waals surface area (Å²) >= 11 is 1.61. The van der Waals surface area contributed by atoms with Gasteiger partial charge in [0.1, 0.15) is 0 Å². The molecule has 1 aromatic heterocycles. The van der Waals surface area contributed by atoms with Gasteiger partial charge in [0.25, 0.3) is 0 Å². The van der Waals surface area contributed by atoms with Crippen LogP contribution in [0.1, 0.15) is 12.0 Å². The predicted molar refractivity (Wildman–Crippen MR) is 67.7 cm³/mol. The Hall–Kier alpha value is -1.60. The fourth-order valence-electron chi connectivity index (χ4n) is 1.26. The molecule has 1 heterocycles. The molecule has 0 saturated carbocycles. The van der Waals surface area contributed by atoms with E-state index in [1.54, 1.807) is 11.3 Å². The number of carbonyl (C=O) groups excluding carboxylic acids is 1. The Morgan fingerprint density at radius 1 is 1.33 bits per heavy atom. The molecule has 0 bridgehead atoms. The van der Waals surface area contributed by atoms with E-state index in [-0.39, 0.29) is 19.0 Å². The van der Waals surface area contributed by atoms with E-state index in [4.69, 9.17) is 10.2 Å².